The predicted octanol–water partition coefficient (Wildman–Crippen LogP) is 3.67. The molecule has 1 amide bonds. The van der Waals surface area contributed by atoms with Gasteiger partial charge >= 0.3 is 0 Å². The van der Waals surface area contributed by atoms with Crippen LogP contribution in [0, 0.1) is 0 Å². The molecular formula is C20H21N5O. The monoisotopic (exact) mass is 347 g/mol. The molecule has 3 rings (SSSR count). The van der Waals surface area contributed by atoms with Crippen molar-refractivity contribution in [3.05, 3.63) is 77.7 Å². The van der Waals surface area contributed by atoms with Crippen LogP contribution in [0.4, 0.5) is 11.5 Å². The first-order valence-corrected chi connectivity index (χ1v) is 8.49. The van der Waals surface area contributed by atoms with E-state index in [0.717, 1.165) is 11.3 Å². The quantitative estimate of drug-likeness (QED) is 0.711. The fraction of sp³-hybridized carbons (Fsp3) is 0.200. The summed E-state index contributed by atoms with van der Waals surface area (Å²) >= 11 is 0. The number of nitrogens with zero attached hydrogens (tertiary/aromatic N) is 3. The van der Waals surface area contributed by atoms with E-state index in [4.69, 9.17) is 0 Å². The molecule has 0 saturated carbocycles. The summed E-state index contributed by atoms with van der Waals surface area (Å²) in [7, 11) is 0. The van der Waals surface area contributed by atoms with Crippen LogP contribution in [0.5, 0.6) is 0 Å². The third-order valence-electron chi connectivity index (χ3n) is 3.95. The Morgan fingerprint density at radius 2 is 1.69 bits per heavy atom. The molecule has 0 atom stereocenters. The number of hydrogen-bond donors (Lipinski definition) is 2. The van der Waals surface area contributed by atoms with E-state index in [1.54, 1.807) is 24.5 Å². The van der Waals surface area contributed by atoms with Crippen LogP contribution in [-0.2, 0) is 6.54 Å². The summed E-state index contributed by atoms with van der Waals surface area (Å²) in [6.45, 7) is 4.74. The fourth-order valence-electron chi connectivity index (χ4n) is 2.39. The molecular weight excluding hydrogens is 326 g/mol. The van der Waals surface area contributed by atoms with E-state index in [2.05, 4.69) is 51.8 Å². The maximum Gasteiger partial charge on any atom is 0.272 e. The maximum atomic E-state index is 12.1. The maximum absolute atomic E-state index is 12.1. The molecule has 0 bridgehead atoms. The van der Waals surface area contributed by atoms with Gasteiger partial charge in [0.25, 0.3) is 5.91 Å². The summed E-state index contributed by atoms with van der Waals surface area (Å²) < 4.78 is 0. The van der Waals surface area contributed by atoms with Gasteiger partial charge in [-0.2, -0.15) is 0 Å². The van der Waals surface area contributed by atoms with Crippen LogP contribution in [0.3, 0.4) is 0 Å². The van der Waals surface area contributed by atoms with Crippen molar-refractivity contribution in [2.75, 3.05) is 5.32 Å². The lowest BCUT2D eigenvalue weighted by Crippen LogP contribution is -2.24. The van der Waals surface area contributed by atoms with E-state index in [9.17, 15) is 4.79 Å². The summed E-state index contributed by atoms with van der Waals surface area (Å²) in [5.41, 5.74) is 3.46. The highest BCUT2D eigenvalue weighted by molar-refractivity contribution is 5.92. The number of amides is 1. The molecule has 0 unspecified atom stereocenters. The highest BCUT2D eigenvalue weighted by Crippen LogP contribution is 2.19. The van der Waals surface area contributed by atoms with E-state index >= 15 is 0 Å². The normalized spacial score (nSPS) is 10.6. The minimum absolute atomic E-state index is 0.262. The minimum Gasteiger partial charge on any atom is -0.347 e. The molecule has 132 valence electrons. The molecule has 2 heterocycles. The Balaban J connectivity index is 1.58. The average Bonchev–Trinajstić information content (AvgIpc) is 2.68. The lowest BCUT2D eigenvalue weighted by atomic mass is 10.0. The summed E-state index contributed by atoms with van der Waals surface area (Å²) in [6.07, 6.45) is 3.38. The molecule has 0 aliphatic rings. The average molecular weight is 347 g/mol. The van der Waals surface area contributed by atoms with Gasteiger partial charge in [0.05, 0.1) is 0 Å². The van der Waals surface area contributed by atoms with Crippen LogP contribution < -0.4 is 10.6 Å². The largest absolute Gasteiger partial charge is 0.347 e. The minimum atomic E-state index is -0.262. The van der Waals surface area contributed by atoms with Gasteiger partial charge in [0.15, 0.2) is 11.5 Å². The molecule has 3 aromatic rings. The van der Waals surface area contributed by atoms with Gasteiger partial charge in [0.1, 0.15) is 0 Å². The molecule has 0 radical (unpaired) electrons. The number of pyridine rings is 1. The Morgan fingerprint density at radius 1 is 0.962 bits per heavy atom. The standard InChI is InChI=1S/C20H21N5O/c1-14(2)16-3-5-17(6-4-16)23-19-8-7-18(24-25-19)20(26)22-13-15-9-11-21-12-10-15/h3-12,14H,13H2,1-2H3,(H,22,26)(H,23,25). The van der Waals surface area contributed by atoms with Crippen molar-refractivity contribution < 1.29 is 4.79 Å². The zero-order valence-electron chi connectivity index (χ0n) is 14.8. The summed E-state index contributed by atoms with van der Waals surface area (Å²) in [5, 5.41) is 14.1. The second-order valence-electron chi connectivity index (χ2n) is 6.24. The molecule has 2 N–H and O–H groups in total. The highest BCUT2D eigenvalue weighted by atomic mass is 16.1. The second-order valence-corrected chi connectivity index (χ2v) is 6.24. The lowest BCUT2D eigenvalue weighted by molar-refractivity contribution is 0.0945. The van der Waals surface area contributed by atoms with E-state index in [1.807, 2.05) is 24.3 Å². The smallest absolute Gasteiger partial charge is 0.272 e. The van der Waals surface area contributed by atoms with Crippen LogP contribution in [0.15, 0.2) is 60.9 Å². The third kappa shape index (κ3) is 4.63. The summed E-state index contributed by atoms with van der Waals surface area (Å²) in [5.74, 6) is 0.823. The number of rotatable bonds is 6. The van der Waals surface area contributed by atoms with Crippen LogP contribution in [0.25, 0.3) is 0 Å². The summed E-state index contributed by atoms with van der Waals surface area (Å²) in [6, 6.07) is 15.3. The van der Waals surface area contributed by atoms with E-state index < -0.39 is 0 Å². The Labute approximate surface area is 152 Å². The summed E-state index contributed by atoms with van der Waals surface area (Å²) in [4.78, 5) is 16.1. The van der Waals surface area contributed by atoms with Gasteiger partial charge in [0, 0.05) is 24.6 Å². The zero-order valence-corrected chi connectivity index (χ0v) is 14.8. The van der Waals surface area contributed by atoms with Crippen molar-refractivity contribution in [1.29, 1.82) is 0 Å². The van der Waals surface area contributed by atoms with Gasteiger partial charge in [-0.3, -0.25) is 9.78 Å². The van der Waals surface area contributed by atoms with Gasteiger partial charge in [-0.05, 0) is 53.4 Å². The fourth-order valence-corrected chi connectivity index (χ4v) is 2.39. The first-order chi connectivity index (χ1) is 12.6. The van der Waals surface area contributed by atoms with E-state index in [0.29, 0.717) is 18.3 Å². The first-order valence-electron chi connectivity index (χ1n) is 8.49. The Kier molecular flexibility index (Phi) is 5.53. The number of carbonyl (C=O) groups is 1. The number of anilines is 2. The SMILES string of the molecule is CC(C)c1ccc(Nc2ccc(C(=O)NCc3ccncc3)nn2)cc1. The van der Waals surface area contributed by atoms with Crippen molar-refractivity contribution in [3.8, 4) is 0 Å². The van der Waals surface area contributed by atoms with Gasteiger partial charge in [-0.15, -0.1) is 10.2 Å². The highest BCUT2D eigenvalue weighted by Gasteiger charge is 2.08. The number of nitrogens with one attached hydrogen (secondary N) is 2. The molecule has 2 aromatic heterocycles. The lowest BCUT2D eigenvalue weighted by Gasteiger charge is -2.09. The molecule has 0 spiro atoms. The van der Waals surface area contributed by atoms with Crippen molar-refractivity contribution in [1.82, 2.24) is 20.5 Å². The molecule has 0 fully saturated rings. The van der Waals surface area contributed by atoms with Crippen LogP contribution in [0.1, 0.15) is 41.4 Å². The van der Waals surface area contributed by atoms with Crippen LogP contribution >= 0.6 is 0 Å². The van der Waals surface area contributed by atoms with Crippen molar-refractivity contribution in [3.63, 3.8) is 0 Å². The van der Waals surface area contributed by atoms with Gasteiger partial charge < -0.3 is 10.6 Å². The van der Waals surface area contributed by atoms with Crippen molar-refractivity contribution in [2.24, 2.45) is 0 Å². The van der Waals surface area contributed by atoms with Crippen LogP contribution in [0.2, 0.25) is 0 Å². The van der Waals surface area contributed by atoms with Gasteiger partial charge in [-0.25, -0.2) is 0 Å². The molecule has 0 saturated heterocycles. The Bertz CT molecular complexity index is 846. The Morgan fingerprint density at radius 3 is 2.31 bits per heavy atom. The molecule has 26 heavy (non-hydrogen) atoms. The van der Waals surface area contributed by atoms with Crippen molar-refractivity contribution in [2.45, 2.75) is 26.3 Å². The second kappa shape index (κ2) is 8.20. The van der Waals surface area contributed by atoms with Crippen LogP contribution in [-0.4, -0.2) is 21.1 Å². The zero-order chi connectivity index (χ0) is 18.4. The molecule has 0 aliphatic carbocycles. The molecule has 6 heteroatoms. The number of hydrogen-bond acceptors (Lipinski definition) is 5. The number of benzene rings is 1. The van der Waals surface area contributed by atoms with Gasteiger partial charge in [-0.1, -0.05) is 26.0 Å². The first kappa shape index (κ1) is 17.5. The third-order valence-corrected chi connectivity index (χ3v) is 3.95. The van der Waals surface area contributed by atoms with E-state index in [-0.39, 0.29) is 11.6 Å². The predicted molar refractivity (Wildman–Crippen MR) is 101 cm³/mol. The molecule has 1 aromatic carbocycles. The number of aromatic nitrogens is 3. The molecule has 6 nitrogen and oxygen atoms in total. The topological polar surface area (TPSA) is 79.8 Å². The number of carbonyl (C=O) groups excluding carboxylic acids is 1. The van der Waals surface area contributed by atoms with E-state index in [1.165, 1.54) is 5.56 Å². The Hall–Kier alpha value is -3.28. The van der Waals surface area contributed by atoms with Gasteiger partial charge in [0.2, 0.25) is 0 Å². The molecule has 0 aliphatic heterocycles. The van der Waals surface area contributed by atoms with Crippen molar-refractivity contribution >= 4 is 17.4 Å².